The van der Waals surface area contributed by atoms with E-state index in [1.165, 1.54) is 11.8 Å². The predicted molar refractivity (Wildman–Crippen MR) is 65.4 cm³/mol. The summed E-state index contributed by atoms with van der Waals surface area (Å²) in [5, 5.41) is 19.6. The summed E-state index contributed by atoms with van der Waals surface area (Å²) in [7, 11) is 1.76. The Morgan fingerprint density at radius 2 is 2.29 bits per heavy atom. The maximum absolute atomic E-state index is 7.33. The minimum atomic E-state index is -0.0492. The number of nitrogens with zero attached hydrogens (tertiary/aromatic N) is 4. The Balaban J connectivity index is 2.27. The number of tetrazole rings is 1. The van der Waals surface area contributed by atoms with Gasteiger partial charge in [0.05, 0.1) is 5.02 Å². The van der Waals surface area contributed by atoms with Crippen LogP contribution in [0.25, 0.3) is 0 Å². The van der Waals surface area contributed by atoms with Crippen molar-refractivity contribution in [1.29, 1.82) is 5.41 Å². The molecule has 3 N–H and O–H groups in total. The lowest BCUT2D eigenvalue weighted by molar-refractivity contribution is 0.664. The molecule has 0 saturated carbocycles. The van der Waals surface area contributed by atoms with E-state index < -0.39 is 0 Å². The van der Waals surface area contributed by atoms with E-state index in [4.69, 9.17) is 22.7 Å². The zero-order chi connectivity index (χ0) is 12.4. The third-order valence-electron chi connectivity index (χ3n) is 2.02. The minimum Gasteiger partial charge on any atom is -0.384 e. The van der Waals surface area contributed by atoms with Gasteiger partial charge in [0.2, 0.25) is 5.16 Å². The zero-order valence-electron chi connectivity index (χ0n) is 8.88. The van der Waals surface area contributed by atoms with Crippen LogP contribution in [-0.2, 0) is 7.05 Å². The fraction of sp³-hybridized carbons (Fsp3) is 0.111. The van der Waals surface area contributed by atoms with Crippen molar-refractivity contribution >= 4 is 29.2 Å². The zero-order valence-corrected chi connectivity index (χ0v) is 10.5. The Labute approximate surface area is 107 Å². The summed E-state index contributed by atoms with van der Waals surface area (Å²) in [4.78, 5) is 0.887. The van der Waals surface area contributed by atoms with E-state index in [0.29, 0.717) is 15.7 Å². The van der Waals surface area contributed by atoms with E-state index in [-0.39, 0.29) is 5.84 Å². The lowest BCUT2D eigenvalue weighted by atomic mass is 10.2. The van der Waals surface area contributed by atoms with Crippen molar-refractivity contribution in [3.05, 3.63) is 28.8 Å². The van der Waals surface area contributed by atoms with Crippen LogP contribution < -0.4 is 5.73 Å². The summed E-state index contributed by atoms with van der Waals surface area (Å²) in [5.74, 6) is -0.0492. The van der Waals surface area contributed by atoms with Crippen LogP contribution in [0.4, 0.5) is 0 Å². The van der Waals surface area contributed by atoms with Crippen LogP contribution in [0.2, 0.25) is 5.02 Å². The number of benzene rings is 1. The van der Waals surface area contributed by atoms with E-state index in [1.807, 2.05) is 6.07 Å². The van der Waals surface area contributed by atoms with Crippen LogP contribution in [0.1, 0.15) is 5.56 Å². The smallest absolute Gasteiger partial charge is 0.213 e. The first-order valence-electron chi connectivity index (χ1n) is 4.62. The van der Waals surface area contributed by atoms with Crippen LogP contribution in [0.5, 0.6) is 0 Å². The molecule has 1 aromatic carbocycles. The van der Waals surface area contributed by atoms with Gasteiger partial charge in [0.1, 0.15) is 5.84 Å². The van der Waals surface area contributed by atoms with Gasteiger partial charge in [-0.3, -0.25) is 5.41 Å². The highest BCUT2D eigenvalue weighted by Gasteiger charge is 2.08. The van der Waals surface area contributed by atoms with Gasteiger partial charge < -0.3 is 5.73 Å². The molecule has 0 saturated heterocycles. The number of rotatable bonds is 3. The average Bonchev–Trinajstić information content (AvgIpc) is 2.64. The SMILES string of the molecule is Cn1nnnc1Sc1ccc(C(=N)N)c(Cl)c1. The second-order valence-electron chi connectivity index (χ2n) is 3.24. The molecule has 0 unspecified atom stereocenters. The largest absolute Gasteiger partial charge is 0.384 e. The van der Waals surface area contributed by atoms with Crippen molar-refractivity contribution in [3.63, 3.8) is 0 Å². The fourth-order valence-electron chi connectivity index (χ4n) is 1.19. The normalized spacial score (nSPS) is 10.5. The molecule has 2 rings (SSSR count). The first-order chi connectivity index (χ1) is 8.08. The summed E-state index contributed by atoms with van der Waals surface area (Å²) in [5.41, 5.74) is 5.90. The fourth-order valence-corrected chi connectivity index (χ4v) is 2.31. The van der Waals surface area contributed by atoms with Crippen molar-refractivity contribution in [1.82, 2.24) is 20.2 Å². The van der Waals surface area contributed by atoms with Crippen LogP contribution in [0, 0.1) is 5.41 Å². The summed E-state index contributed by atoms with van der Waals surface area (Å²) >= 11 is 7.40. The topological polar surface area (TPSA) is 93.5 Å². The standard InChI is InChI=1S/C9H9ClN6S/c1-16-9(13-14-15-16)17-5-2-3-6(8(11)12)7(10)4-5/h2-4H,1H3,(H3,11,12). The maximum atomic E-state index is 7.33. The van der Waals surface area contributed by atoms with Crippen molar-refractivity contribution in [2.24, 2.45) is 12.8 Å². The summed E-state index contributed by atoms with van der Waals surface area (Å²) in [6.45, 7) is 0. The van der Waals surface area contributed by atoms with Crippen molar-refractivity contribution in [2.75, 3.05) is 0 Å². The molecular weight excluding hydrogens is 260 g/mol. The molecule has 0 atom stereocenters. The van der Waals surface area contributed by atoms with Crippen molar-refractivity contribution < 1.29 is 0 Å². The van der Waals surface area contributed by atoms with Gasteiger partial charge >= 0.3 is 0 Å². The number of nitrogens with one attached hydrogen (secondary N) is 1. The Hall–Kier alpha value is -1.60. The molecule has 0 amide bonds. The second-order valence-corrected chi connectivity index (χ2v) is 4.69. The molecule has 6 nitrogen and oxygen atoms in total. The minimum absolute atomic E-state index is 0.0492. The molecule has 0 fully saturated rings. The van der Waals surface area contributed by atoms with Crippen LogP contribution in [-0.4, -0.2) is 26.0 Å². The van der Waals surface area contributed by atoms with Crippen LogP contribution in [0.3, 0.4) is 0 Å². The highest BCUT2D eigenvalue weighted by molar-refractivity contribution is 7.99. The number of amidine groups is 1. The Morgan fingerprint density at radius 1 is 1.53 bits per heavy atom. The lowest BCUT2D eigenvalue weighted by Gasteiger charge is -2.04. The third-order valence-corrected chi connectivity index (χ3v) is 3.35. The highest BCUT2D eigenvalue weighted by atomic mass is 35.5. The van der Waals surface area contributed by atoms with Gasteiger partial charge in [0.15, 0.2) is 0 Å². The van der Waals surface area contributed by atoms with Gasteiger partial charge in [0.25, 0.3) is 0 Å². The van der Waals surface area contributed by atoms with E-state index in [1.54, 1.807) is 23.9 Å². The number of hydrogen-bond acceptors (Lipinski definition) is 5. The number of aromatic nitrogens is 4. The first-order valence-corrected chi connectivity index (χ1v) is 5.81. The molecule has 0 aliphatic rings. The van der Waals surface area contributed by atoms with Crippen LogP contribution >= 0.6 is 23.4 Å². The van der Waals surface area contributed by atoms with Gasteiger partial charge in [-0.05, 0) is 40.4 Å². The Bertz CT molecular complexity index is 566. The summed E-state index contributed by atoms with van der Waals surface area (Å²) in [6, 6.07) is 5.26. The highest BCUT2D eigenvalue weighted by Crippen LogP contribution is 2.28. The number of hydrogen-bond donors (Lipinski definition) is 2. The molecule has 17 heavy (non-hydrogen) atoms. The summed E-state index contributed by atoms with van der Waals surface area (Å²) in [6.07, 6.45) is 0. The quantitative estimate of drug-likeness (QED) is 0.646. The van der Waals surface area contributed by atoms with Gasteiger partial charge in [0, 0.05) is 17.5 Å². The van der Waals surface area contributed by atoms with E-state index >= 15 is 0 Å². The number of aryl methyl sites for hydroxylation is 1. The first kappa shape index (κ1) is 11.9. The Morgan fingerprint density at radius 3 is 2.82 bits per heavy atom. The molecule has 1 aromatic heterocycles. The van der Waals surface area contributed by atoms with E-state index in [0.717, 1.165) is 4.90 Å². The monoisotopic (exact) mass is 268 g/mol. The lowest BCUT2D eigenvalue weighted by Crippen LogP contribution is -2.11. The molecule has 0 bridgehead atoms. The second kappa shape index (κ2) is 4.72. The van der Waals surface area contributed by atoms with Gasteiger partial charge in [-0.25, -0.2) is 4.68 Å². The molecule has 88 valence electrons. The van der Waals surface area contributed by atoms with E-state index in [9.17, 15) is 0 Å². The van der Waals surface area contributed by atoms with E-state index in [2.05, 4.69) is 15.5 Å². The van der Waals surface area contributed by atoms with Gasteiger partial charge in [-0.15, -0.1) is 5.10 Å². The number of nitrogens with two attached hydrogens (primary N) is 1. The average molecular weight is 269 g/mol. The number of halogens is 1. The molecule has 0 aliphatic heterocycles. The molecule has 0 aliphatic carbocycles. The summed E-state index contributed by atoms with van der Waals surface area (Å²) < 4.78 is 1.57. The molecule has 1 heterocycles. The molecule has 2 aromatic rings. The maximum Gasteiger partial charge on any atom is 0.213 e. The van der Waals surface area contributed by atoms with Gasteiger partial charge in [-0.2, -0.15) is 0 Å². The molecule has 8 heteroatoms. The third kappa shape index (κ3) is 2.56. The Kier molecular flexibility index (Phi) is 3.30. The van der Waals surface area contributed by atoms with Gasteiger partial charge in [-0.1, -0.05) is 11.6 Å². The molecular formula is C9H9ClN6S. The molecule has 0 radical (unpaired) electrons. The van der Waals surface area contributed by atoms with Crippen molar-refractivity contribution in [3.8, 4) is 0 Å². The number of nitrogen functional groups attached to an aromatic ring is 1. The molecule has 0 spiro atoms. The predicted octanol–water partition coefficient (Wildman–Crippen LogP) is 1.30. The van der Waals surface area contributed by atoms with Crippen LogP contribution in [0.15, 0.2) is 28.3 Å². The van der Waals surface area contributed by atoms with Crippen molar-refractivity contribution in [2.45, 2.75) is 10.1 Å².